The molecule has 140 valence electrons. The maximum Gasteiger partial charge on any atom is 0.410 e. The van der Waals surface area contributed by atoms with Crippen LogP contribution in [0.4, 0.5) is 10.7 Å². The first kappa shape index (κ1) is 17.5. The van der Waals surface area contributed by atoms with Crippen LogP contribution in [-0.2, 0) is 4.74 Å². The predicted molar refractivity (Wildman–Crippen MR) is 102 cm³/mol. The van der Waals surface area contributed by atoms with Gasteiger partial charge in [0, 0.05) is 19.1 Å². The molecule has 0 radical (unpaired) electrons. The first-order chi connectivity index (χ1) is 12.2. The molecule has 2 aromatic rings. The van der Waals surface area contributed by atoms with Crippen molar-refractivity contribution < 1.29 is 9.53 Å². The number of anilines is 1. The SMILES string of the molecule is CC(C)(C)OC(=O)N1CCC2(CC(n3c(N)nc4c(Cl)cccc43)C2)C1. The summed E-state index contributed by atoms with van der Waals surface area (Å²) < 4.78 is 7.61. The fourth-order valence-corrected chi connectivity index (χ4v) is 4.57. The lowest BCUT2D eigenvalue weighted by Gasteiger charge is -2.46. The summed E-state index contributed by atoms with van der Waals surface area (Å²) in [5, 5.41) is 0.624. The van der Waals surface area contributed by atoms with E-state index in [-0.39, 0.29) is 11.5 Å². The van der Waals surface area contributed by atoms with Gasteiger partial charge in [-0.05, 0) is 57.6 Å². The van der Waals surface area contributed by atoms with Gasteiger partial charge in [0.1, 0.15) is 11.1 Å². The predicted octanol–water partition coefficient (Wildman–Crippen LogP) is 4.23. The van der Waals surface area contributed by atoms with Crippen LogP contribution in [0.5, 0.6) is 0 Å². The minimum absolute atomic E-state index is 0.170. The Morgan fingerprint density at radius 2 is 2.12 bits per heavy atom. The number of ether oxygens (including phenoxy) is 1. The number of likely N-dealkylation sites (tertiary alicyclic amines) is 1. The van der Waals surface area contributed by atoms with Crippen LogP contribution < -0.4 is 5.73 Å². The molecule has 2 fully saturated rings. The molecule has 26 heavy (non-hydrogen) atoms. The Morgan fingerprint density at radius 3 is 2.81 bits per heavy atom. The van der Waals surface area contributed by atoms with Gasteiger partial charge in [-0.1, -0.05) is 17.7 Å². The van der Waals surface area contributed by atoms with Crippen molar-refractivity contribution in [2.75, 3.05) is 18.8 Å². The number of nitrogens with two attached hydrogens (primary N) is 1. The molecule has 1 saturated carbocycles. The Kier molecular flexibility index (Phi) is 3.88. The van der Waals surface area contributed by atoms with Crippen molar-refractivity contribution in [1.29, 1.82) is 0 Å². The Labute approximate surface area is 158 Å². The zero-order valence-corrected chi connectivity index (χ0v) is 16.2. The fraction of sp³-hybridized carbons (Fsp3) is 0.579. The second-order valence-electron chi connectivity index (χ2n) is 8.66. The molecule has 0 bridgehead atoms. The number of aromatic nitrogens is 2. The van der Waals surface area contributed by atoms with E-state index in [1.165, 1.54) is 0 Å². The lowest BCUT2D eigenvalue weighted by atomic mass is 9.65. The summed E-state index contributed by atoms with van der Waals surface area (Å²) in [5.74, 6) is 0.509. The molecular weight excluding hydrogens is 352 g/mol. The number of carbonyl (C=O) groups is 1. The summed E-state index contributed by atoms with van der Waals surface area (Å²) in [6.07, 6.45) is 2.79. The van der Waals surface area contributed by atoms with Gasteiger partial charge in [-0.3, -0.25) is 0 Å². The first-order valence-electron chi connectivity index (χ1n) is 9.07. The highest BCUT2D eigenvalue weighted by Crippen LogP contribution is 2.55. The van der Waals surface area contributed by atoms with Crippen molar-refractivity contribution in [1.82, 2.24) is 14.5 Å². The van der Waals surface area contributed by atoms with Crippen LogP contribution in [0.2, 0.25) is 5.02 Å². The zero-order valence-electron chi connectivity index (χ0n) is 15.5. The van der Waals surface area contributed by atoms with Crippen LogP contribution in [0.25, 0.3) is 11.0 Å². The number of nitrogens with zero attached hydrogens (tertiary/aromatic N) is 3. The van der Waals surface area contributed by atoms with Crippen molar-refractivity contribution in [3.05, 3.63) is 23.2 Å². The molecule has 0 atom stereocenters. The highest BCUT2D eigenvalue weighted by molar-refractivity contribution is 6.35. The average molecular weight is 377 g/mol. The van der Waals surface area contributed by atoms with Gasteiger partial charge in [-0.15, -0.1) is 0 Å². The van der Waals surface area contributed by atoms with E-state index in [4.69, 9.17) is 22.1 Å². The van der Waals surface area contributed by atoms with E-state index in [1.807, 2.05) is 43.9 Å². The molecule has 1 aliphatic carbocycles. The maximum atomic E-state index is 12.3. The molecule has 1 aromatic heterocycles. The molecule has 1 aromatic carbocycles. The number of benzene rings is 1. The van der Waals surface area contributed by atoms with Gasteiger partial charge >= 0.3 is 6.09 Å². The number of carbonyl (C=O) groups excluding carboxylic acids is 1. The third kappa shape index (κ3) is 2.90. The molecule has 1 spiro atoms. The minimum atomic E-state index is -0.460. The number of hydrogen-bond acceptors (Lipinski definition) is 4. The normalized spacial score (nSPS) is 25.7. The molecule has 4 rings (SSSR count). The number of rotatable bonds is 1. The molecule has 0 unspecified atom stereocenters. The molecule has 2 heterocycles. The number of halogens is 1. The maximum absolute atomic E-state index is 12.3. The van der Waals surface area contributed by atoms with Crippen molar-refractivity contribution in [3.63, 3.8) is 0 Å². The lowest BCUT2D eigenvalue weighted by Crippen LogP contribution is -2.43. The van der Waals surface area contributed by atoms with Crippen molar-refractivity contribution in [3.8, 4) is 0 Å². The summed E-state index contributed by atoms with van der Waals surface area (Å²) in [5.41, 5.74) is 7.63. The van der Waals surface area contributed by atoms with E-state index in [9.17, 15) is 4.79 Å². The Balaban J connectivity index is 1.47. The van der Waals surface area contributed by atoms with Crippen molar-refractivity contribution in [2.45, 2.75) is 51.7 Å². The van der Waals surface area contributed by atoms with Crippen LogP contribution in [-0.4, -0.2) is 39.2 Å². The zero-order chi connectivity index (χ0) is 18.7. The number of fused-ring (bicyclic) bond motifs is 1. The summed E-state index contributed by atoms with van der Waals surface area (Å²) in [7, 11) is 0. The topological polar surface area (TPSA) is 73.4 Å². The third-order valence-electron chi connectivity index (χ3n) is 5.49. The van der Waals surface area contributed by atoms with Gasteiger partial charge in [-0.25, -0.2) is 9.78 Å². The standard InChI is InChI=1S/C19H25ClN4O2/c1-18(2,3)26-17(25)23-8-7-19(11-23)9-12(10-19)24-14-6-4-5-13(20)15(14)22-16(24)21/h4-6,12H,7-11H2,1-3H3,(H2,21,22). The minimum Gasteiger partial charge on any atom is -0.444 e. The van der Waals surface area contributed by atoms with E-state index in [2.05, 4.69) is 9.55 Å². The lowest BCUT2D eigenvalue weighted by molar-refractivity contribution is 0.0200. The van der Waals surface area contributed by atoms with E-state index < -0.39 is 5.60 Å². The molecule has 7 heteroatoms. The summed E-state index contributed by atoms with van der Waals surface area (Å²) in [6.45, 7) is 7.20. The largest absolute Gasteiger partial charge is 0.444 e. The summed E-state index contributed by atoms with van der Waals surface area (Å²) in [6, 6.07) is 6.07. The second-order valence-corrected chi connectivity index (χ2v) is 9.07. The monoisotopic (exact) mass is 376 g/mol. The van der Waals surface area contributed by atoms with Crippen LogP contribution in [0, 0.1) is 5.41 Å². The van der Waals surface area contributed by atoms with Crippen molar-refractivity contribution >= 4 is 34.7 Å². The molecular formula is C19H25ClN4O2. The molecule has 1 aliphatic heterocycles. The smallest absolute Gasteiger partial charge is 0.410 e. The van der Waals surface area contributed by atoms with E-state index in [0.717, 1.165) is 43.4 Å². The Hall–Kier alpha value is -1.95. The first-order valence-corrected chi connectivity index (χ1v) is 9.45. The van der Waals surface area contributed by atoms with Gasteiger partial charge in [0.25, 0.3) is 0 Å². The molecule has 1 amide bonds. The van der Waals surface area contributed by atoms with E-state index in [0.29, 0.717) is 17.0 Å². The molecule has 2 aliphatic rings. The number of imidazole rings is 1. The molecule has 6 nitrogen and oxygen atoms in total. The number of nitrogen functional groups attached to an aromatic ring is 1. The van der Waals surface area contributed by atoms with Gasteiger partial charge in [0.2, 0.25) is 5.95 Å². The highest BCUT2D eigenvalue weighted by atomic mass is 35.5. The van der Waals surface area contributed by atoms with Crippen LogP contribution >= 0.6 is 11.6 Å². The van der Waals surface area contributed by atoms with E-state index in [1.54, 1.807) is 0 Å². The van der Waals surface area contributed by atoms with Gasteiger partial charge < -0.3 is 19.9 Å². The number of amides is 1. The fourth-order valence-electron chi connectivity index (χ4n) is 4.36. The van der Waals surface area contributed by atoms with Gasteiger partial charge in [0.05, 0.1) is 10.5 Å². The van der Waals surface area contributed by atoms with Gasteiger partial charge in [0.15, 0.2) is 0 Å². The van der Waals surface area contributed by atoms with Crippen LogP contribution in [0.15, 0.2) is 18.2 Å². The molecule has 1 saturated heterocycles. The highest BCUT2D eigenvalue weighted by Gasteiger charge is 2.51. The quantitative estimate of drug-likeness (QED) is 0.808. The van der Waals surface area contributed by atoms with Gasteiger partial charge in [-0.2, -0.15) is 0 Å². The van der Waals surface area contributed by atoms with Crippen LogP contribution in [0.3, 0.4) is 0 Å². The summed E-state index contributed by atoms with van der Waals surface area (Å²) in [4.78, 5) is 18.6. The average Bonchev–Trinajstić information content (AvgIpc) is 3.06. The Bertz CT molecular complexity index is 864. The third-order valence-corrected chi connectivity index (χ3v) is 5.80. The second kappa shape index (κ2) is 5.78. The van der Waals surface area contributed by atoms with Crippen LogP contribution in [0.1, 0.15) is 46.1 Å². The number of para-hydroxylation sites is 1. The molecule has 2 N–H and O–H groups in total. The Morgan fingerprint density at radius 1 is 1.38 bits per heavy atom. The summed E-state index contributed by atoms with van der Waals surface area (Å²) >= 11 is 6.25. The number of hydrogen-bond donors (Lipinski definition) is 1. The van der Waals surface area contributed by atoms with Crippen molar-refractivity contribution in [2.24, 2.45) is 5.41 Å². The van der Waals surface area contributed by atoms with E-state index >= 15 is 0 Å².